The summed E-state index contributed by atoms with van der Waals surface area (Å²) in [5, 5.41) is 0. The zero-order chi connectivity index (χ0) is 14.0. The van der Waals surface area contributed by atoms with Crippen LogP contribution in [-0.4, -0.2) is 37.0 Å². The van der Waals surface area contributed by atoms with E-state index in [9.17, 15) is 9.59 Å². The van der Waals surface area contributed by atoms with Crippen molar-refractivity contribution in [2.75, 3.05) is 25.0 Å². The molecular formula is C14H19N3O2. The van der Waals surface area contributed by atoms with Crippen molar-refractivity contribution < 1.29 is 9.59 Å². The molecule has 1 heterocycles. The molecule has 0 aliphatic carbocycles. The zero-order valence-electron chi connectivity index (χ0n) is 11.3. The first-order chi connectivity index (χ1) is 8.99. The van der Waals surface area contributed by atoms with Gasteiger partial charge in [0.25, 0.3) is 0 Å². The molecule has 5 nitrogen and oxygen atoms in total. The number of carbonyl (C=O) groups excluding carboxylic acids is 2. The standard InChI is InChI=1S/C14H19N3O2/c1-10-4-3-5-12(8-10)16(2)14(19)17-7-6-11(9-17)13(15)18/h3-5,8,11H,6-7,9H2,1-2H3,(H2,15,18)/t11-/m0/s1. The van der Waals surface area contributed by atoms with Gasteiger partial charge in [0.15, 0.2) is 0 Å². The van der Waals surface area contributed by atoms with Crippen molar-refractivity contribution in [3.63, 3.8) is 0 Å². The fourth-order valence-electron chi connectivity index (χ4n) is 2.33. The van der Waals surface area contributed by atoms with E-state index in [1.54, 1.807) is 16.8 Å². The molecule has 1 fully saturated rings. The van der Waals surface area contributed by atoms with Crippen molar-refractivity contribution in [1.29, 1.82) is 0 Å². The van der Waals surface area contributed by atoms with E-state index in [0.717, 1.165) is 11.3 Å². The number of nitrogens with two attached hydrogens (primary N) is 1. The smallest absolute Gasteiger partial charge is 0.324 e. The first kappa shape index (κ1) is 13.4. The molecule has 0 spiro atoms. The molecule has 1 aromatic rings. The van der Waals surface area contributed by atoms with Crippen LogP contribution in [0.1, 0.15) is 12.0 Å². The number of urea groups is 1. The minimum atomic E-state index is -0.325. The lowest BCUT2D eigenvalue weighted by atomic mass is 10.1. The maximum absolute atomic E-state index is 12.3. The molecule has 0 radical (unpaired) electrons. The van der Waals surface area contributed by atoms with E-state index in [1.165, 1.54) is 0 Å². The van der Waals surface area contributed by atoms with Crippen LogP contribution >= 0.6 is 0 Å². The summed E-state index contributed by atoms with van der Waals surface area (Å²) in [6.45, 7) is 2.99. The SMILES string of the molecule is Cc1cccc(N(C)C(=O)N2CC[C@H](C(N)=O)C2)c1. The van der Waals surface area contributed by atoms with E-state index in [2.05, 4.69) is 0 Å². The van der Waals surface area contributed by atoms with Crippen molar-refractivity contribution in [1.82, 2.24) is 4.90 Å². The third-order valence-electron chi connectivity index (χ3n) is 3.54. The van der Waals surface area contributed by atoms with Gasteiger partial charge in [0.05, 0.1) is 5.92 Å². The van der Waals surface area contributed by atoms with Crippen LogP contribution in [0.3, 0.4) is 0 Å². The van der Waals surface area contributed by atoms with Crippen LogP contribution in [0.4, 0.5) is 10.5 Å². The molecule has 19 heavy (non-hydrogen) atoms. The Kier molecular flexibility index (Phi) is 3.74. The van der Waals surface area contributed by atoms with Gasteiger partial charge in [-0.1, -0.05) is 12.1 Å². The molecule has 5 heteroatoms. The average Bonchev–Trinajstić information content (AvgIpc) is 2.86. The highest BCUT2D eigenvalue weighted by molar-refractivity contribution is 5.92. The Hall–Kier alpha value is -2.04. The average molecular weight is 261 g/mol. The number of hydrogen-bond acceptors (Lipinski definition) is 2. The molecule has 0 aromatic heterocycles. The molecule has 102 valence electrons. The summed E-state index contributed by atoms with van der Waals surface area (Å²) in [5.74, 6) is -0.539. The number of nitrogens with zero attached hydrogens (tertiary/aromatic N) is 2. The number of hydrogen-bond donors (Lipinski definition) is 1. The van der Waals surface area contributed by atoms with Gasteiger partial charge in [-0.25, -0.2) is 4.79 Å². The Labute approximate surface area is 113 Å². The molecule has 0 unspecified atom stereocenters. The summed E-state index contributed by atoms with van der Waals surface area (Å²) < 4.78 is 0. The Balaban J connectivity index is 2.06. The highest BCUT2D eigenvalue weighted by Crippen LogP contribution is 2.20. The Morgan fingerprint density at radius 1 is 1.42 bits per heavy atom. The topological polar surface area (TPSA) is 66.6 Å². The molecule has 1 aromatic carbocycles. The summed E-state index contributed by atoms with van der Waals surface area (Å²) in [4.78, 5) is 26.7. The lowest BCUT2D eigenvalue weighted by Crippen LogP contribution is -2.40. The molecule has 0 saturated carbocycles. The number of rotatable bonds is 2. The van der Waals surface area contributed by atoms with Crippen LogP contribution in [0.2, 0.25) is 0 Å². The number of aryl methyl sites for hydroxylation is 1. The molecule has 3 amide bonds. The lowest BCUT2D eigenvalue weighted by Gasteiger charge is -2.24. The van der Waals surface area contributed by atoms with E-state index in [4.69, 9.17) is 5.73 Å². The monoisotopic (exact) mass is 261 g/mol. The quantitative estimate of drug-likeness (QED) is 0.873. The molecule has 1 aliphatic heterocycles. The van der Waals surface area contributed by atoms with Crippen LogP contribution in [0.15, 0.2) is 24.3 Å². The number of amides is 3. The third-order valence-corrected chi connectivity index (χ3v) is 3.54. The second-order valence-corrected chi connectivity index (χ2v) is 5.01. The van der Waals surface area contributed by atoms with Gasteiger partial charge in [0.2, 0.25) is 5.91 Å². The Bertz CT molecular complexity index is 501. The van der Waals surface area contributed by atoms with E-state index in [0.29, 0.717) is 19.5 Å². The maximum Gasteiger partial charge on any atom is 0.324 e. The first-order valence-corrected chi connectivity index (χ1v) is 6.37. The van der Waals surface area contributed by atoms with Crippen LogP contribution in [-0.2, 0) is 4.79 Å². The number of anilines is 1. The van der Waals surface area contributed by atoms with E-state index in [1.807, 2.05) is 31.2 Å². The molecule has 0 bridgehead atoms. The van der Waals surface area contributed by atoms with E-state index >= 15 is 0 Å². The molecule has 1 aliphatic rings. The van der Waals surface area contributed by atoms with Crippen molar-refractivity contribution >= 4 is 17.6 Å². The molecule has 1 saturated heterocycles. The van der Waals surface area contributed by atoms with Gasteiger partial charge in [0, 0.05) is 25.8 Å². The van der Waals surface area contributed by atoms with Crippen LogP contribution in [0, 0.1) is 12.8 Å². The summed E-state index contributed by atoms with van der Waals surface area (Å²) in [7, 11) is 1.74. The van der Waals surface area contributed by atoms with E-state index in [-0.39, 0.29) is 17.9 Å². The number of carbonyl (C=O) groups is 2. The Morgan fingerprint density at radius 2 is 2.16 bits per heavy atom. The summed E-state index contributed by atoms with van der Waals surface area (Å²) in [6, 6.07) is 7.67. The van der Waals surface area contributed by atoms with Gasteiger partial charge < -0.3 is 10.6 Å². The molecule has 2 N–H and O–H groups in total. The Morgan fingerprint density at radius 3 is 2.74 bits per heavy atom. The summed E-state index contributed by atoms with van der Waals surface area (Å²) in [5.41, 5.74) is 7.24. The van der Waals surface area contributed by atoms with Crippen LogP contribution < -0.4 is 10.6 Å². The fourth-order valence-corrected chi connectivity index (χ4v) is 2.33. The second kappa shape index (κ2) is 5.30. The predicted molar refractivity (Wildman–Crippen MR) is 73.9 cm³/mol. The number of primary amides is 1. The van der Waals surface area contributed by atoms with Gasteiger partial charge in [-0.2, -0.15) is 0 Å². The van der Waals surface area contributed by atoms with E-state index < -0.39 is 0 Å². The highest BCUT2D eigenvalue weighted by atomic mass is 16.2. The largest absolute Gasteiger partial charge is 0.369 e. The van der Waals surface area contributed by atoms with Crippen LogP contribution in [0.5, 0.6) is 0 Å². The van der Waals surface area contributed by atoms with Gasteiger partial charge in [-0.3, -0.25) is 9.69 Å². The molecular weight excluding hydrogens is 242 g/mol. The normalized spacial score (nSPS) is 18.4. The molecule has 1 atom stereocenters. The zero-order valence-corrected chi connectivity index (χ0v) is 11.3. The van der Waals surface area contributed by atoms with Crippen molar-refractivity contribution in [2.45, 2.75) is 13.3 Å². The molecule has 2 rings (SSSR count). The van der Waals surface area contributed by atoms with Gasteiger partial charge >= 0.3 is 6.03 Å². The summed E-state index contributed by atoms with van der Waals surface area (Å²) in [6.07, 6.45) is 0.655. The van der Waals surface area contributed by atoms with Crippen LogP contribution in [0.25, 0.3) is 0 Å². The number of benzene rings is 1. The van der Waals surface area contributed by atoms with Crippen molar-refractivity contribution in [3.8, 4) is 0 Å². The highest BCUT2D eigenvalue weighted by Gasteiger charge is 2.31. The van der Waals surface area contributed by atoms with Crippen molar-refractivity contribution in [2.24, 2.45) is 11.7 Å². The van der Waals surface area contributed by atoms with Gasteiger partial charge in [-0.05, 0) is 31.0 Å². The lowest BCUT2D eigenvalue weighted by molar-refractivity contribution is -0.121. The second-order valence-electron chi connectivity index (χ2n) is 5.01. The van der Waals surface area contributed by atoms with Gasteiger partial charge in [0.1, 0.15) is 0 Å². The summed E-state index contributed by atoms with van der Waals surface area (Å²) >= 11 is 0. The maximum atomic E-state index is 12.3. The minimum Gasteiger partial charge on any atom is -0.369 e. The number of likely N-dealkylation sites (tertiary alicyclic amines) is 1. The van der Waals surface area contributed by atoms with Crippen molar-refractivity contribution in [3.05, 3.63) is 29.8 Å². The minimum absolute atomic E-state index is 0.0886. The predicted octanol–water partition coefficient (Wildman–Crippen LogP) is 1.36. The third kappa shape index (κ3) is 2.86. The van der Waals surface area contributed by atoms with Gasteiger partial charge in [-0.15, -0.1) is 0 Å². The first-order valence-electron chi connectivity index (χ1n) is 6.37. The fraction of sp³-hybridized carbons (Fsp3) is 0.429.